The van der Waals surface area contributed by atoms with Crippen LogP contribution in [-0.4, -0.2) is 29.9 Å². The molecule has 4 rings (SSSR count). The maximum absolute atomic E-state index is 13.2. The van der Waals surface area contributed by atoms with Gasteiger partial charge in [-0.1, -0.05) is 17.7 Å². The van der Waals surface area contributed by atoms with Gasteiger partial charge in [-0.05, 0) is 84.5 Å². The van der Waals surface area contributed by atoms with Crippen LogP contribution < -0.4 is 25.0 Å². The molecule has 0 aromatic heterocycles. The van der Waals surface area contributed by atoms with E-state index in [1.165, 1.54) is 17.9 Å². The average Bonchev–Trinajstić information content (AvgIpc) is 2.87. The van der Waals surface area contributed by atoms with Crippen LogP contribution in [0, 0.1) is 0 Å². The molecule has 1 aliphatic rings. The lowest BCUT2D eigenvalue weighted by Crippen LogP contribution is -2.54. The van der Waals surface area contributed by atoms with Crippen molar-refractivity contribution in [2.45, 2.75) is 13.5 Å². The van der Waals surface area contributed by atoms with Crippen molar-refractivity contribution in [2.75, 3.05) is 17.3 Å². The second-order valence-electron chi connectivity index (χ2n) is 8.00. The van der Waals surface area contributed by atoms with Crippen molar-refractivity contribution in [3.05, 3.63) is 88.5 Å². The largest absolute Gasteiger partial charge is 0.496 e. The Balaban J connectivity index is 1.57. The Hall–Kier alpha value is -4.21. The highest BCUT2D eigenvalue weighted by atomic mass is 35.5. The van der Waals surface area contributed by atoms with Gasteiger partial charge in [0, 0.05) is 23.2 Å². The van der Waals surface area contributed by atoms with Crippen LogP contribution in [0.3, 0.4) is 0 Å². The Labute approximate surface area is 223 Å². The van der Waals surface area contributed by atoms with Gasteiger partial charge in [-0.15, -0.1) is 0 Å². The lowest BCUT2D eigenvalue weighted by atomic mass is 10.0. The van der Waals surface area contributed by atoms with E-state index in [1.54, 1.807) is 73.8 Å². The smallest absolute Gasteiger partial charge is 0.270 e. The second kappa shape index (κ2) is 11.2. The molecule has 10 heteroatoms. The SMILES string of the molecule is COc1ccc(C=C2C(=O)NC(=S)N(c3ccc(Cl)cc3)C2=O)cc1COc1ccc(NC(C)=O)cc1. The number of hydrogen-bond donors (Lipinski definition) is 2. The van der Waals surface area contributed by atoms with Gasteiger partial charge in [0.05, 0.1) is 12.8 Å². The molecule has 1 saturated heterocycles. The number of thiocarbonyl (C=S) groups is 1. The van der Waals surface area contributed by atoms with Gasteiger partial charge in [-0.25, -0.2) is 0 Å². The van der Waals surface area contributed by atoms with Gasteiger partial charge >= 0.3 is 0 Å². The molecule has 0 atom stereocenters. The first-order valence-electron chi connectivity index (χ1n) is 11.1. The number of carbonyl (C=O) groups is 3. The second-order valence-corrected chi connectivity index (χ2v) is 8.82. The summed E-state index contributed by atoms with van der Waals surface area (Å²) in [5.41, 5.74) is 2.38. The van der Waals surface area contributed by atoms with E-state index in [0.29, 0.717) is 39.0 Å². The summed E-state index contributed by atoms with van der Waals surface area (Å²) in [5, 5.41) is 5.76. The zero-order valence-electron chi connectivity index (χ0n) is 19.9. The van der Waals surface area contributed by atoms with Crippen LogP contribution in [0.4, 0.5) is 11.4 Å². The Morgan fingerprint density at radius 1 is 1.08 bits per heavy atom. The standard InChI is InChI=1S/C27H22ClN3O5S/c1-16(32)29-20-6-10-22(11-7-20)36-15-18-13-17(3-12-24(18)35-2)14-23-25(33)30-27(37)31(26(23)34)21-8-4-19(28)5-9-21/h3-14H,15H2,1-2H3,(H,29,32)(H,30,33,37). The van der Waals surface area contributed by atoms with Gasteiger partial charge in [-0.2, -0.15) is 0 Å². The van der Waals surface area contributed by atoms with E-state index in [2.05, 4.69) is 10.6 Å². The first kappa shape index (κ1) is 25.9. The zero-order valence-corrected chi connectivity index (χ0v) is 21.5. The summed E-state index contributed by atoms with van der Waals surface area (Å²) in [7, 11) is 1.54. The van der Waals surface area contributed by atoms with Crippen LogP contribution in [0.1, 0.15) is 18.1 Å². The Morgan fingerprint density at radius 3 is 2.43 bits per heavy atom. The summed E-state index contributed by atoms with van der Waals surface area (Å²) in [4.78, 5) is 38.3. The third kappa shape index (κ3) is 6.14. The van der Waals surface area contributed by atoms with Gasteiger partial charge < -0.3 is 14.8 Å². The fraction of sp³-hybridized carbons (Fsp3) is 0.111. The van der Waals surface area contributed by atoms with Crippen molar-refractivity contribution in [1.29, 1.82) is 0 Å². The number of amides is 3. The highest BCUT2D eigenvalue weighted by Crippen LogP contribution is 2.27. The number of ether oxygens (including phenoxy) is 2. The van der Waals surface area contributed by atoms with Crippen molar-refractivity contribution in [3.8, 4) is 11.5 Å². The van der Waals surface area contributed by atoms with Crippen LogP contribution in [0.2, 0.25) is 5.02 Å². The van der Waals surface area contributed by atoms with E-state index in [0.717, 1.165) is 0 Å². The summed E-state index contributed by atoms with van der Waals surface area (Å²) < 4.78 is 11.3. The molecular formula is C27H22ClN3O5S. The summed E-state index contributed by atoms with van der Waals surface area (Å²) in [6.45, 7) is 1.60. The number of halogens is 1. The maximum atomic E-state index is 13.2. The summed E-state index contributed by atoms with van der Waals surface area (Å²) >= 11 is 11.2. The quantitative estimate of drug-likeness (QED) is 0.258. The Morgan fingerprint density at radius 2 is 1.78 bits per heavy atom. The Kier molecular flexibility index (Phi) is 7.86. The molecule has 0 bridgehead atoms. The van der Waals surface area contributed by atoms with E-state index in [-0.39, 0.29) is 23.2 Å². The molecule has 3 aromatic carbocycles. The van der Waals surface area contributed by atoms with Gasteiger partial charge in [0.15, 0.2) is 5.11 Å². The van der Waals surface area contributed by atoms with Crippen LogP contribution >= 0.6 is 23.8 Å². The molecule has 1 fully saturated rings. The van der Waals surface area contributed by atoms with E-state index in [1.807, 2.05) is 0 Å². The molecule has 3 aromatic rings. The molecule has 8 nitrogen and oxygen atoms in total. The third-order valence-corrected chi connectivity index (χ3v) is 5.91. The summed E-state index contributed by atoms with van der Waals surface area (Å²) in [6, 6.07) is 18.8. The number of methoxy groups -OCH3 is 1. The minimum Gasteiger partial charge on any atom is -0.496 e. The molecule has 0 unspecified atom stereocenters. The summed E-state index contributed by atoms with van der Waals surface area (Å²) in [6.07, 6.45) is 1.49. The molecule has 3 amide bonds. The number of benzene rings is 3. The Bertz CT molecular complexity index is 1400. The minimum atomic E-state index is -0.590. The van der Waals surface area contributed by atoms with Gasteiger partial charge in [0.2, 0.25) is 5.91 Å². The molecule has 0 spiro atoms. The third-order valence-electron chi connectivity index (χ3n) is 5.37. The monoisotopic (exact) mass is 535 g/mol. The molecule has 1 heterocycles. The van der Waals surface area contributed by atoms with E-state index in [9.17, 15) is 14.4 Å². The summed E-state index contributed by atoms with van der Waals surface area (Å²) in [5.74, 6) is -0.126. The number of carbonyl (C=O) groups excluding carboxylic acids is 3. The van der Waals surface area contributed by atoms with Crippen LogP contribution in [-0.2, 0) is 21.0 Å². The highest BCUT2D eigenvalue weighted by molar-refractivity contribution is 7.80. The lowest BCUT2D eigenvalue weighted by molar-refractivity contribution is -0.122. The maximum Gasteiger partial charge on any atom is 0.270 e. The normalized spacial score (nSPS) is 14.4. The van der Waals surface area contributed by atoms with Gasteiger partial charge in [0.1, 0.15) is 23.7 Å². The number of nitrogens with one attached hydrogen (secondary N) is 2. The number of anilines is 2. The number of rotatable bonds is 7. The molecule has 0 aliphatic carbocycles. The van der Waals surface area contributed by atoms with Crippen molar-refractivity contribution in [2.24, 2.45) is 0 Å². The number of hydrogen-bond acceptors (Lipinski definition) is 6. The van der Waals surface area contributed by atoms with E-state index in [4.69, 9.17) is 33.3 Å². The zero-order chi connectivity index (χ0) is 26.5. The molecule has 2 N–H and O–H groups in total. The van der Waals surface area contributed by atoms with Crippen LogP contribution in [0.5, 0.6) is 11.5 Å². The highest BCUT2D eigenvalue weighted by Gasteiger charge is 2.34. The molecular weight excluding hydrogens is 514 g/mol. The molecule has 0 saturated carbocycles. The molecule has 0 radical (unpaired) electrons. The van der Waals surface area contributed by atoms with E-state index < -0.39 is 11.8 Å². The minimum absolute atomic E-state index is 0.0113. The predicted octanol–water partition coefficient (Wildman–Crippen LogP) is 4.72. The van der Waals surface area contributed by atoms with Crippen molar-refractivity contribution < 1.29 is 23.9 Å². The van der Waals surface area contributed by atoms with E-state index >= 15 is 0 Å². The average molecular weight is 536 g/mol. The number of nitrogens with zero attached hydrogens (tertiary/aromatic N) is 1. The van der Waals surface area contributed by atoms with Gasteiger partial charge in [-0.3, -0.25) is 24.6 Å². The van der Waals surface area contributed by atoms with Crippen LogP contribution in [0.25, 0.3) is 6.08 Å². The first-order chi connectivity index (χ1) is 17.7. The molecule has 188 valence electrons. The fourth-order valence-corrected chi connectivity index (χ4v) is 4.06. The van der Waals surface area contributed by atoms with Gasteiger partial charge in [0.25, 0.3) is 11.8 Å². The predicted molar refractivity (Wildman–Crippen MR) is 146 cm³/mol. The fourth-order valence-electron chi connectivity index (χ4n) is 3.65. The van der Waals surface area contributed by atoms with Crippen molar-refractivity contribution in [1.82, 2.24) is 5.32 Å². The van der Waals surface area contributed by atoms with Crippen molar-refractivity contribution in [3.63, 3.8) is 0 Å². The van der Waals surface area contributed by atoms with Crippen LogP contribution in [0.15, 0.2) is 72.3 Å². The van der Waals surface area contributed by atoms with Crippen molar-refractivity contribution >= 4 is 64.1 Å². The molecule has 37 heavy (non-hydrogen) atoms. The topological polar surface area (TPSA) is 97.0 Å². The molecule has 1 aliphatic heterocycles. The first-order valence-corrected chi connectivity index (χ1v) is 11.9. The lowest BCUT2D eigenvalue weighted by Gasteiger charge is -2.29.